The van der Waals surface area contributed by atoms with Crippen molar-refractivity contribution in [2.24, 2.45) is 0 Å². The normalized spacial score (nSPS) is 12.0. The van der Waals surface area contributed by atoms with E-state index in [9.17, 15) is 22.4 Å². The van der Waals surface area contributed by atoms with Gasteiger partial charge in [0.25, 0.3) is 0 Å². The van der Waals surface area contributed by atoms with Crippen LogP contribution in [0.5, 0.6) is 0 Å². The number of ether oxygens (including phenoxy) is 1. The van der Waals surface area contributed by atoms with E-state index in [4.69, 9.17) is 0 Å². The van der Waals surface area contributed by atoms with Crippen LogP contribution in [0.25, 0.3) is 16.7 Å². The van der Waals surface area contributed by atoms with Gasteiger partial charge in [0.05, 0.1) is 19.4 Å². The number of aromatic nitrogens is 3. The summed E-state index contributed by atoms with van der Waals surface area (Å²) in [4.78, 5) is 16.0. The lowest BCUT2D eigenvalue weighted by Crippen LogP contribution is -2.16. The van der Waals surface area contributed by atoms with Gasteiger partial charge in [-0.2, -0.15) is 13.2 Å². The molecule has 154 valence electrons. The summed E-state index contributed by atoms with van der Waals surface area (Å²) in [5.41, 5.74) is 1.97. The Hall–Kier alpha value is -2.97. The predicted octanol–water partition coefficient (Wildman–Crippen LogP) is 4.72. The molecule has 3 rings (SSSR count). The molecular weight excluding hydrogens is 390 g/mol. The number of hydrogen-bond acceptors (Lipinski definition) is 4. The minimum absolute atomic E-state index is 0.106. The number of benzene rings is 1. The van der Waals surface area contributed by atoms with E-state index >= 15 is 0 Å². The molecule has 0 saturated carbocycles. The first kappa shape index (κ1) is 20.8. The first-order valence-electron chi connectivity index (χ1n) is 8.99. The molecule has 2 heterocycles. The second kappa shape index (κ2) is 8.18. The van der Waals surface area contributed by atoms with Gasteiger partial charge in [-0.25, -0.2) is 14.1 Å². The summed E-state index contributed by atoms with van der Waals surface area (Å²) in [7, 11) is 0. The number of esters is 1. The summed E-state index contributed by atoms with van der Waals surface area (Å²) in [5, 5.41) is 5.01. The molecule has 0 aliphatic heterocycles. The first-order valence-corrected chi connectivity index (χ1v) is 8.99. The molecule has 9 heteroatoms. The van der Waals surface area contributed by atoms with Crippen molar-refractivity contribution >= 4 is 17.0 Å². The zero-order valence-corrected chi connectivity index (χ0v) is 15.8. The van der Waals surface area contributed by atoms with E-state index in [0.29, 0.717) is 11.2 Å². The number of alkyl halides is 3. The molecular formula is C20H19F4N3O2. The molecule has 0 saturated heterocycles. The highest BCUT2D eigenvalue weighted by Gasteiger charge is 2.27. The highest BCUT2D eigenvalue weighted by Crippen LogP contribution is 2.22. The van der Waals surface area contributed by atoms with Crippen LogP contribution in [0.4, 0.5) is 17.6 Å². The van der Waals surface area contributed by atoms with Gasteiger partial charge >= 0.3 is 12.1 Å². The Balaban J connectivity index is 1.78. The van der Waals surface area contributed by atoms with Crippen LogP contribution in [0.2, 0.25) is 0 Å². The maximum absolute atomic E-state index is 14.3. The number of fused-ring (bicyclic) bond motifs is 1. The first-order chi connectivity index (χ1) is 13.6. The fourth-order valence-corrected chi connectivity index (χ4v) is 2.71. The molecule has 0 N–H and O–H groups in total. The zero-order chi connectivity index (χ0) is 21.2. The number of nitrogens with zero attached hydrogens (tertiary/aromatic N) is 3. The van der Waals surface area contributed by atoms with E-state index in [1.165, 1.54) is 22.9 Å². The maximum Gasteiger partial charge on any atom is 0.392 e. The lowest BCUT2D eigenvalue weighted by Gasteiger charge is -2.09. The van der Waals surface area contributed by atoms with Gasteiger partial charge in [0.2, 0.25) is 0 Å². The van der Waals surface area contributed by atoms with Crippen LogP contribution in [-0.2, 0) is 16.0 Å². The lowest BCUT2D eigenvalue weighted by atomic mass is 10.1. The molecule has 0 aliphatic rings. The van der Waals surface area contributed by atoms with Crippen molar-refractivity contribution in [3.8, 4) is 5.69 Å². The second-order valence-electron chi connectivity index (χ2n) is 6.96. The molecule has 0 amide bonds. The molecule has 0 radical (unpaired) electrons. The number of halogens is 4. The van der Waals surface area contributed by atoms with Crippen molar-refractivity contribution in [3.63, 3.8) is 0 Å². The van der Waals surface area contributed by atoms with Crippen molar-refractivity contribution in [1.29, 1.82) is 0 Å². The zero-order valence-electron chi connectivity index (χ0n) is 15.8. The van der Waals surface area contributed by atoms with Crippen LogP contribution in [0, 0.1) is 5.82 Å². The molecule has 0 bridgehead atoms. The minimum Gasteiger partial charge on any atom is -0.465 e. The molecule has 5 nitrogen and oxygen atoms in total. The maximum atomic E-state index is 14.3. The van der Waals surface area contributed by atoms with Crippen molar-refractivity contribution in [2.75, 3.05) is 6.61 Å². The van der Waals surface area contributed by atoms with Crippen LogP contribution in [0.15, 0.2) is 36.7 Å². The third-order valence-electron chi connectivity index (χ3n) is 4.30. The van der Waals surface area contributed by atoms with E-state index in [1.54, 1.807) is 12.4 Å². The fraction of sp³-hybridized carbons (Fsp3) is 0.350. The largest absolute Gasteiger partial charge is 0.465 e. The van der Waals surface area contributed by atoms with Gasteiger partial charge in [-0.1, -0.05) is 19.9 Å². The number of carbonyl (C=O) groups is 1. The van der Waals surface area contributed by atoms with Gasteiger partial charge in [0.15, 0.2) is 5.65 Å². The van der Waals surface area contributed by atoms with E-state index in [-0.39, 0.29) is 18.0 Å². The van der Waals surface area contributed by atoms with Crippen molar-refractivity contribution in [3.05, 3.63) is 53.6 Å². The molecule has 0 atom stereocenters. The summed E-state index contributed by atoms with van der Waals surface area (Å²) in [6, 6.07) is 5.89. The number of pyridine rings is 1. The fourth-order valence-electron chi connectivity index (χ4n) is 2.71. The summed E-state index contributed by atoms with van der Waals surface area (Å²) < 4.78 is 56.6. The molecule has 1 aromatic carbocycles. The minimum atomic E-state index is -4.39. The van der Waals surface area contributed by atoms with Crippen molar-refractivity contribution in [1.82, 2.24) is 14.8 Å². The average molecular weight is 409 g/mol. The van der Waals surface area contributed by atoms with Crippen molar-refractivity contribution < 1.29 is 27.1 Å². The van der Waals surface area contributed by atoms with E-state index in [0.717, 1.165) is 10.9 Å². The highest BCUT2D eigenvalue weighted by molar-refractivity contribution is 5.75. The van der Waals surface area contributed by atoms with E-state index in [2.05, 4.69) is 14.8 Å². The Labute approximate surface area is 164 Å². The van der Waals surface area contributed by atoms with Crippen LogP contribution >= 0.6 is 0 Å². The van der Waals surface area contributed by atoms with Gasteiger partial charge in [0, 0.05) is 17.8 Å². The third-order valence-corrected chi connectivity index (χ3v) is 4.30. The lowest BCUT2D eigenvalue weighted by molar-refractivity contribution is -0.158. The monoisotopic (exact) mass is 409 g/mol. The second-order valence-corrected chi connectivity index (χ2v) is 6.96. The molecule has 0 aliphatic carbocycles. The summed E-state index contributed by atoms with van der Waals surface area (Å²) in [5.74, 6) is -1.10. The number of carbonyl (C=O) groups excluding carboxylic acids is 1. The summed E-state index contributed by atoms with van der Waals surface area (Å²) in [6.07, 6.45) is -2.53. The molecule has 0 spiro atoms. The molecule has 29 heavy (non-hydrogen) atoms. The van der Waals surface area contributed by atoms with E-state index in [1.807, 2.05) is 19.9 Å². The number of rotatable bonds is 6. The van der Waals surface area contributed by atoms with Gasteiger partial charge in [-0.15, -0.1) is 5.10 Å². The summed E-state index contributed by atoms with van der Waals surface area (Å²) >= 11 is 0. The topological polar surface area (TPSA) is 57.0 Å². The Morgan fingerprint density at radius 3 is 2.69 bits per heavy atom. The predicted molar refractivity (Wildman–Crippen MR) is 98.2 cm³/mol. The molecule has 3 aromatic rings. The quantitative estimate of drug-likeness (QED) is 0.437. The van der Waals surface area contributed by atoms with Crippen LogP contribution in [-0.4, -0.2) is 33.5 Å². The van der Waals surface area contributed by atoms with Crippen LogP contribution in [0.1, 0.15) is 37.3 Å². The van der Waals surface area contributed by atoms with E-state index < -0.39 is 31.0 Å². The van der Waals surface area contributed by atoms with Gasteiger partial charge in [0.1, 0.15) is 11.5 Å². The average Bonchev–Trinajstić information content (AvgIpc) is 3.05. The van der Waals surface area contributed by atoms with Gasteiger partial charge in [-0.3, -0.25) is 4.79 Å². The molecule has 0 unspecified atom stereocenters. The number of hydrogen-bond donors (Lipinski definition) is 0. The molecule has 0 fully saturated rings. The Morgan fingerprint density at radius 1 is 1.24 bits per heavy atom. The van der Waals surface area contributed by atoms with Crippen LogP contribution < -0.4 is 0 Å². The summed E-state index contributed by atoms with van der Waals surface area (Å²) in [6.45, 7) is 3.32. The van der Waals surface area contributed by atoms with Crippen molar-refractivity contribution in [2.45, 2.75) is 38.8 Å². The van der Waals surface area contributed by atoms with Gasteiger partial charge in [-0.05, 0) is 35.2 Å². The SMILES string of the molecule is CC(C)c1cnc2nn(-c3cc(CC(=O)OCCC(F)(F)F)ccc3F)cc2c1. The molecule has 2 aromatic heterocycles. The smallest absolute Gasteiger partial charge is 0.392 e. The Kier molecular flexibility index (Phi) is 5.86. The Morgan fingerprint density at radius 2 is 2.00 bits per heavy atom. The highest BCUT2D eigenvalue weighted by atomic mass is 19.4. The van der Waals surface area contributed by atoms with Gasteiger partial charge < -0.3 is 4.74 Å². The standard InChI is InChI=1S/C20H19F4N3O2/c1-12(2)14-9-15-11-27(26-19(15)25-10-14)17-7-13(3-4-16(17)21)8-18(28)29-6-5-20(22,23)24/h3-4,7,9-12H,5-6,8H2,1-2H3. The Bertz CT molecular complexity index is 1030. The van der Waals surface area contributed by atoms with Crippen LogP contribution in [0.3, 0.4) is 0 Å². The third kappa shape index (κ3) is 5.30.